The van der Waals surface area contributed by atoms with Gasteiger partial charge in [0.2, 0.25) is 5.91 Å². The molecular weight excluding hydrogens is 394 g/mol. The van der Waals surface area contributed by atoms with Crippen molar-refractivity contribution in [2.75, 3.05) is 19.1 Å². The molecule has 2 aromatic rings. The van der Waals surface area contributed by atoms with Gasteiger partial charge in [-0.05, 0) is 30.6 Å². The number of carbonyl (C=O) groups excluding carboxylic acids is 2. The number of nitrogens with one attached hydrogen (secondary N) is 2. The fraction of sp³-hybridized carbons (Fsp3) is 0.300. The molecule has 0 heterocycles. The second-order valence-electron chi connectivity index (χ2n) is 6.14. The van der Waals surface area contributed by atoms with E-state index in [1.165, 1.54) is 24.3 Å². The van der Waals surface area contributed by atoms with Crippen molar-refractivity contribution in [3.63, 3.8) is 0 Å². The SMILES string of the molecule is COc1ccccc1CNC(=O)[C@@H](CCSC)NC(=O)c1cccc([N+](=O)[O-])c1. The number of ether oxygens (including phenoxy) is 1. The lowest BCUT2D eigenvalue weighted by molar-refractivity contribution is -0.384. The van der Waals surface area contributed by atoms with Gasteiger partial charge in [-0.1, -0.05) is 24.3 Å². The number of amides is 2. The molecule has 0 spiro atoms. The van der Waals surface area contributed by atoms with Gasteiger partial charge in [-0.25, -0.2) is 0 Å². The lowest BCUT2D eigenvalue weighted by Gasteiger charge is -2.19. The number of methoxy groups -OCH3 is 1. The Morgan fingerprint density at radius 2 is 1.97 bits per heavy atom. The number of hydrogen-bond acceptors (Lipinski definition) is 6. The summed E-state index contributed by atoms with van der Waals surface area (Å²) in [5, 5.41) is 16.4. The highest BCUT2D eigenvalue weighted by atomic mass is 32.2. The van der Waals surface area contributed by atoms with Crippen LogP contribution < -0.4 is 15.4 Å². The predicted octanol–water partition coefficient (Wildman–Crippen LogP) is 2.77. The van der Waals surface area contributed by atoms with Crippen LogP contribution in [0, 0.1) is 10.1 Å². The van der Waals surface area contributed by atoms with E-state index in [1.807, 2.05) is 24.5 Å². The van der Waals surface area contributed by atoms with Crippen molar-refractivity contribution in [2.45, 2.75) is 19.0 Å². The largest absolute Gasteiger partial charge is 0.496 e. The van der Waals surface area contributed by atoms with Crippen LogP contribution in [0.3, 0.4) is 0 Å². The van der Waals surface area contributed by atoms with Gasteiger partial charge < -0.3 is 15.4 Å². The van der Waals surface area contributed by atoms with Crippen LogP contribution in [0.25, 0.3) is 0 Å². The molecule has 0 radical (unpaired) electrons. The Morgan fingerprint density at radius 1 is 1.21 bits per heavy atom. The molecule has 0 aliphatic carbocycles. The van der Waals surface area contributed by atoms with Crippen molar-refractivity contribution in [1.82, 2.24) is 10.6 Å². The van der Waals surface area contributed by atoms with Gasteiger partial charge in [0, 0.05) is 29.8 Å². The molecule has 0 aliphatic rings. The standard InChI is InChI=1S/C20H23N3O5S/c1-28-18-9-4-3-6-15(18)13-21-20(25)17(10-11-29-2)22-19(24)14-7-5-8-16(12-14)23(26)27/h3-9,12,17H,10-11,13H2,1-2H3,(H,21,25)(H,22,24)/t17-/m1/s1. The summed E-state index contributed by atoms with van der Waals surface area (Å²) in [6, 6.07) is 12.0. The minimum absolute atomic E-state index is 0.130. The molecule has 0 fully saturated rings. The minimum Gasteiger partial charge on any atom is -0.496 e. The number of nitro benzene ring substituents is 1. The molecule has 29 heavy (non-hydrogen) atoms. The zero-order valence-electron chi connectivity index (χ0n) is 16.2. The number of carbonyl (C=O) groups is 2. The lowest BCUT2D eigenvalue weighted by Crippen LogP contribution is -2.46. The molecular formula is C20H23N3O5S. The van der Waals surface area contributed by atoms with Crippen molar-refractivity contribution in [3.05, 3.63) is 69.8 Å². The second kappa shape index (κ2) is 11.1. The van der Waals surface area contributed by atoms with Crippen LogP contribution in [0.2, 0.25) is 0 Å². The van der Waals surface area contributed by atoms with Gasteiger partial charge in [0.1, 0.15) is 11.8 Å². The van der Waals surface area contributed by atoms with E-state index in [0.29, 0.717) is 17.9 Å². The van der Waals surface area contributed by atoms with Crippen LogP contribution in [-0.4, -0.2) is 41.9 Å². The third-order valence-corrected chi connectivity index (χ3v) is 4.84. The highest BCUT2D eigenvalue weighted by Crippen LogP contribution is 2.17. The molecule has 2 aromatic carbocycles. The number of para-hydroxylation sites is 1. The van der Waals surface area contributed by atoms with E-state index >= 15 is 0 Å². The van der Waals surface area contributed by atoms with E-state index in [4.69, 9.17) is 4.74 Å². The fourth-order valence-electron chi connectivity index (χ4n) is 2.66. The maximum absolute atomic E-state index is 12.7. The molecule has 0 saturated carbocycles. The first kappa shape index (κ1) is 22.2. The van der Waals surface area contributed by atoms with E-state index in [0.717, 1.165) is 5.56 Å². The van der Waals surface area contributed by atoms with Crippen LogP contribution in [0.1, 0.15) is 22.3 Å². The van der Waals surface area contributed by atoms with E-state index in [2.05, 4.69) is 10.6 Å². The highest BCUT2D eigenvalue weighted by Gasteiger charge is 2.22. The van der Waals surface area contributed by atoms with Gasteiger partial charge in [-0.3, -0.25) is 19.7 Å². The normalized spacial score (nSPS) is 11.4. The molecule has 2 N–H and O–H groups in total. The molecule has 2 amide bonds. The first-order chi connectivity index (χ1) is 14.0. The Balaban J connectivity index is 2.07. The monoisotopic (exact) mass is 417 g/mol. The summed E-state index contributed by atoms with van der Waals surface area (Å²) < 4.78 is 5.28. The van der Waals surface area contributed by atoms with Crippen LogP contribution in [0.15, 0.2) is 48.5 Å². The quantitative estimate of drug-likeness (QED) is 0.454. The first-order valence-corrected chi connectivity index (χ1v) is 10.3. The summed E-state index contributed by atoms with van der Waals surface area (Å²) >= 11 is 1.56. The molecule has 8 nitrogen and oxygen atoms in total. The maximum Gasteiger partial charge on any atom is 0.270 e. The second-order valence-corrected chi connectivity index (χ2v) is 7.13. The highest BCUT2D eigenvalue weighted by molar-refractivity contribution is 7.98. The van der Waals surface area contributed by atoms with Gasteiger partial charge in [-0.15, -0.1) is 0 Å². The molecule has 9 heteroatoms. The fourth-order valence-corrected chi connectivity index (χ4v) is 3.13. The summed E-state index contributed by atoms with van der Waals surface area (Å²) in [5.74, 6) is 0.465. The molecule has 154 valence electrons. The zero-order valence-corrected chi connectivity index (χ0v) is 17.0. The lowest BCUT2D eigenvalue weighted by atomic mass is 10.1. The average Bonchev–Trinajstić information content (AvgIpc) is 2.74. The van der Waals surface area contributed by atoms with Gasteiger partial charge in [0.05, 0.1) is 12.0 Å². The first-order valence-electron chi connectivity index (χ1n) is 8.90. The molecule has 1 atom stereocenters. The molecule has 2 rings (SSSR count). The third-order valence-electron chi connectivity index (χ3n) is 4.20. The average molecular weight is 417 g/mol. The summed E-state index contributed by atoms with van der Waals surface area (Å²) in [6.45, 7) is 0.255. The maximum atomic E-state index is 12.7. The van der Waals surface area contributed by atoms with Gasteiger partial charge in [-0.2, -0.15) is 11.8 Å². The Morgan fingerprint density at radius 3 is 2.66 bits per heavy atom. The van der Waals surface area contributed by atoms with Gasteiger partial charge in [0.25, 0.3) is 11.6 Å². The Kier molecular flexibility index (Phi) is 8.47. The van der Waals surface area contributed by atoms with Gasteiger partial charge >= 0.3 is 0 Å². The van der Waals surface area contributed by atoms with Crippen LogP contribution in [-0.2, 0) is 11.3 Å². The van der Waals surface area contributed by atoms with Crippen molar-refractivity contribution < 1.29 is 19.2 Å². The van der Waals surface area contributed by atoms with Crippen molar-refractivity contribution in [3.8, 4) is 5.75 Å². The number of non-ortho nitro benzene ring substituents is 1. The van der Waals surface area contributed by atoms with Crippen molar-refractivity contribution in [1.29, 1.82) is 0 Å². The topological polar surface area (TPSA) is 111 Å². The smallest absolute Gasteiger partial charge is 0.270 e. The van der Waals surface area contributed by atoms with E-state index < -0.39 is 16.9 Å². The third kappa shape index (κ3) is 6.49. The number of benzene rings is 2. The Bertz CT molecular complexity index is 875. The Hall–Kier alpha value is -3.07. The molecule has 0 bridgehead atoms. The summed E-state index contributed by atoms with van der Waals surface area (Å²) in [4.78, 5) is 35.6. The number of rotatable bonds is 10. The number of nitro groups is 1. The zero-order chi connectivity index (χ0) is 21.2. The molecule has 0 unspecified atom stereocenters. The molecule has 0 aliphatic heterocycles. The van der Waals surface area contributed by atoms with E-state index in [1.54, 1.807) is 24.9 Å². The van der Waals surface area contributed by atoms with Gasteiger partial charge in [0.15, 0.2) is 0 Å². The van der Waals surface area contributed by atoms with Crippen molar-refractivity contribution in [2.24, 2.45) is 0 Å². The van der Waals surface area contributed by atoms with Crippen LogP contribution >= 0.6 is 11.8 Å². The Labute approximate surface area is 173 Å². The number of hydrogen-bond donors (Lipinski definition) is 2. The predicted molar refractivity (Wildman–Crippen MR) is 112 cm³/mol. The van der Waals surface area contributed by atoms with Crippen LogP contribution in [0.4, 0.5) is 5.69 Å². The summed E-state index contributed by atoms with van der Waals surface area (Å²) in [6.07, 6.45) is 2.34. The van der Waals surface area contributed by atoms with E-state index in [-0.39, 0.29) is 23.7 Å². The summed E-state index contributed by atoms with van der Waals surface area (Å²) in [7, 11) is 1.56. The summed E-state index contributed by atoms with van der Waals surface area (Å²) in [5.41, 5.74) is 0.766. The van der Waals surface area contributed by atoms with Crippen LogP contribution in [0.5, 0.6) is 5.75 Å². The van der Waals surface area contributed by atoms with Crippen molar-refractivity contribution >= 4 is 29.3 Å². The minimum atomic E-state index is -0.760. The number of thioether (sulfide) groups is 1. The molecule has 0 saturated heterocycles. The number of nitrogens with zero attached hydrogens (tertiary/aromatic N) is 1. The van der Waals surface area contributed by atoms with E-state index in [9.17, 15) is 19.7 Å². The molecule has 0 aromatic heterocycles.